The smallest absolute Gasteiger partial charge is 0.326 e. The maximum absolute atomic E-state index is 12.2. The molecule has 0 aliphatic heterocycles. The first-order chi connectivity index (χ1) is 13.9. The fourth-order valence-electron chi connectivity index (χ4n) is 2.34. The van der Waals surface area contributed by atoms with Gasteiger partial charge in [-0.05, 0) is 50.2 Å². The number of rotatable bonds is 8. The summed E-state index contributed by atoms with van der Waals surface area (Å²) < 4.78 is 10.3. The number of carbonyl (C=O) groups is 3. The highest BCUT2D eigenvalue weighted by Gasteiger charge is 2.19. The number of nitrogens with zero attached hydrogens (tertiary/aromatic N) is 1. The fraction of sp³-hybridized carbons (Fsp3) is 0.238. The number of nitrogens with one attached hydrogen (secondary N) is 2. The monoisotopic (exact) mass is 395 g/mol. The maximum atomic E-state index is 12.2. The molecule has 2 amide bonds. The molecular formula is C21H21N3O5. The van der Waals surface area contributed by atoms with Crippen LogP contribution in [0.1, 0.15) is 29.8 Å². The molecule has 0 heterocycles. The predicted molar refractivity (Wildman–Crippen MR) is 105 cm³/mol. The summed E-state index contributed by atoms with van der Waals surface area (Å²) in [7, 11) is 0. The lowest BCUT2D eigenvalue weighted by Gasteiger charge is -2.14. The van der Waals surface area contributed by atoms with Gasteiger partial charge in [-0.1, -0.05) is 12.1 Å². The maximum Gasteiger partial charge on any atom is 0.326 e. The summed E-state index contributed by atoms with van der Waals surface area (Å²) in [6.07, 6.45) is -1.10. The third kappa shape index (κ3) is 6.36. The lowest BCUT2D eigenvalue weighted by atomic mass is 10.2. The first kappa shape index (κ1) is 21.4. The molecule has 0 aliphatic rings. The van der Waals surface area contributed by atoms with Crippen LogP contribution in [0.25, 0.3) is 0 Å². The van der Waals surface area contributed by atoms with Gasteiger partial charge in [-0.3, -0.25) is 14.4 Å². The second-order valence-electron chi connectivity index (χ2n) is 5.92. The average Bonchev–Trinajstić information content (AvgIpc) is 2.73. The van der Waals surface area contributed by atoms with Gasteiger partial charge in [0.15, 0.2) is 6.10 Å². The molecule has 2 aromatic rings. The summed E-state index contributed by atoms with van der Waals surface area (Å²) in [5.74, 6) is -1.16. The van der Waals surface area contributed by atoms with Crippen LogP contribution in [0.2, 0.25) is 0 Å². The molecule has 0 bridgehead atoms. The zero-order valence-corrected chi connectivity index (χ0v) is 16.1. The second-order valence-corrected chi connectivity index (χ2v) is 5.92. The fourth-order valence-corrected chi connectivity index (χ4v) is 2.34. The number of hydrogen-bond donors (Lipinski definition) is 2. The SMILES string of the molecule is CCOc1ccc(C(=O)NCC(=O)O[C@H](C)C(=O)Nc2ccccc2C#N)cc1. The molecule has 0 unspecified atom stereocenters. The highest BCUT2D eigenvalue weighted by Crippen LogP contribution is 2.14. The van der Waals surface area contributed by atoms with Crippen LogP contribution in [-0.2, 0) is 14.3 Å². The van der Waals surface area contributed by atoms with E-state index < -0.39 is 30.4 Å². The van der Waals surface area contributed by atoms with E-state index >= 15 is 0 Å². The van der Waals surface area contributed by atoms with Crippen LogP contribution < -0.4 is 15.4 Å². The van der Waals surface area contributed by atoms with Crippen molar-refractivity contribution in [2.24, 2.45) is 0 Å². The standard InChI is InChI=1S/C21H21N3O5/c1-3-28-17-10-8-15(9-11-17)21(27)23-13-19(25)29-14(2)20(26)24-18-7-5-4-6-16(18)12-22/h4-11,14H,3,13H2,1-2H3,(H,23,27)(H,24,26)/t14-/m1/s1. The van der Waals surface area contributed by atoms with Crippen molar-refractivity contribution in [1.29, 1.82) is 5.26 Å². The van der Waals surface area contributed by atoms with Gasteiger partial charge >= 0.3 is 5.97 Å². The van der Waals surface area contributed by atoms with Crippen LogP contribution in [-0.4, -0.2) is 37.0 Å². The van der Waals surface area contributed by atoms with Crippen molar-refractivity contribution in [1.82, 2.24) is 5.32 Å². The number of amides is 2. The molecule has 0 saturated carbocycles. The highest BCUT2D eigenvalue weighted by molar-refractivity contribution is 5.97. The topological polar surface area (TPSA) is 118 Å². The van der Waals surface area contributed by atoms with E-state index in [1.54, 1.807) is 48.5 Å². The number of benzene rings is 2. The number of nitriles is 1. The van der Waals surface area contributed by atoms with Gasteiger partial charge in [-0.15, -0.1) is 0 Å². The first-order valence-electron chi connectivity index (χ1n) is 8.95. The molecule has 8 heteroatoms. The molecule has 8 nitrogen and oxygen atoms in total. The summed E-state index contributed by atoms with van der Waals surface area (Å²) in [4.78, 5) is 36.2. The number of hydrogen-bond acceptors (Lipinski definition) is 6. The van der Waals surface area contributed by atoms with Crippen molar-refractivity contribution in [3.63, 3.8) is 0 Å². The molecule has 0 saturated heterocycles. The number of carbonyl (C=O) groups excluding carboxylic acids is 3. The number of anilines is 1. The molecule has 0 fully saturated rings. The minimum atomic E-state index is -1.10. The Balaban J connectivity index is 1.82. The second kappa shape index (κ2) is 10.5. The largest absolute Gasteiger partial charge is 0.494 e. The van der Waals surface area contributed by atoms with E-state index in [-0.39, 0.29) is 0 Å². The Hall–Kier alpha value is -3.86. The lowest BCUT2D eigenvalue weighted by Crippen LogP contribution is -2.35. The molecular weight excluding hydrogens is 374 g/mol. The van der Waals surface area contributed by atoms with Crippen molar-refractivity contribution in [2.45, 2.75) is 20.0 Å². The van der Waals surface area contributed by atoms with Crippen LogP contribution in [0.15, 0.2) is 48.5 Å². The van der Waals surface area contributed by atoms with Crippen LogP contribution >= 0.6 is 0 Å². The molecule has 0 spiro atoms. The molecule has 0 radical (unpaired) electrons. The minimum Gasteiger partial charge on any atom is -0.494 e. The van der Waals surface area contributed by atoms with Gasteiger partial charge in [0.2, 0.25) is 0 Å². The number of ether oxygens (including phenoxy) is 2. The van der Waals surface area contributed by atoms with Crippen molar-refractivity contribution in [3.8, 4) is 11.8 Å². The average molecular weight is 395 g/mol. The van der Waals surface area contributed by atoms with Gasteiger partial charge in [-0.25, -0.2) is 0 Å². The zero-order chi connectivity index (χ0) is 21.2. The summed E-state index contributed by atoms with van der Waals surface area (Å²) in [5.41, 5.74) is 0.980. The number of para-hydroxylation sites is 1. The normalized spacial score (nSPS) is 10.9. The Morgan fingerprint density at radius 3 is 2.45 bits per heavy atom. The van der Waals surface area contributed by atoms with E-state index in [0.29, 0.717) is 29.2 Å². The van der Waals surface area contributed by atoms with Crippen molar-refractivity contribution >= 4 is 23.5 Å². The zero-order valence-electron chi connectivity index (χ0n) is 16.1. The Bertz CT molecular complexity index is 919. The quantitative estimate of drug-likeness (QED) is 0.662. The molecule has 2 aromatic carbocycles. The van der Waals surface area contributed by atoms with Crippen molar-refractivity contribution in [3.05, 3.63) is 59.7 Å². The van der Waals surface area contributed by atoms with E-state index in [2.05, 4.69) is 10.6 Å². The Kier molecular flexibility index (Phi) is 7.74. The van der Waals surface area contributed by atoms with E-state index in [9.17, 15) is 14.4 Å². The Labute approximate surface area is 168 Å². The van der Waals surface area contributed by atoms with Gasteiger partial charge in [0.25, 0.3) is 11.8 Å². The van der Waals surface area contributed by atoms with Crippen LogP contribution in [0.3, 0.4) is 0 Å². The molecule has 0 aromatic heterocycles. The van der Waals surface area contributed by atoms with Crippen molar-refractivity contribution in [2.75, 3.05) is 18.5 Å². The third-order valence-corrected chi connectivity index (χ3v) is 3.80. The summed E-state index contributed by atoms with van der Waals surface area (Å²) in [6, 6.07) is 14.9. The van der Waals surface area contributed by atoms with E-state index in [1.807, 2.05) is 13.0 Å². The summed E-state index contributed by atoms with van der Waals surface area (Å²) in [5, 5.41) is 14.0. The summed E-state index contributed by atoms with van der Waals surface area (Å²) >= 11 is 0. The van der Waals surface area contributed by atoms with Gasteiger partial charge in [0, 0.05) is 5.56 Å². The molecule has 0 aliphatic carbocycles. The molecule has 1 atom stereocenters. The minimum absolute atomic E-state index is 0.294. The first-order valence-corrected chi connectivity index (χ1v) is 8.95. The molecule has 2 rings (SSSR count). The molecule has 150 valence electrons. The van der Waals surface area contributed by atoms with Crippen LogP contribution in [0, 0.1) is 11.3 Å². The van der Waals surface area contributed by atoms with Crippen LogP contribution in [0.5, 0.6) is 5.75 Å². The van der Waals surface area contributed by atoms with E-state index in [1.165, 1.54) is 6.92 Å². The van der Waals surface area contributed by atoms with Gasteiger partial charge in [0.1, 0.15) is 18.4 Å². The molecule has 29 heavy (non-hydrogen) atoms. The lowest BCUT2D eigenvalue weighted by molar-refractivity contribution is -0.152. The van der Waals surface area contributed by atoms with E-state index in [4.69, 9.17) is 14.7 Å². The predicted octanol–water partition coefficient (Wildman–Crippen LogP) is 2.26. The van der Waals surface area contributed by atoms with E-state index in [0.717, 1.165) is 0 Å². The highest BCUT2D eigenvalue weighted by atomic mass is 16.5. The van der Waals surface area contributed by atoms with Crippen LogP contribution in [0.4, 0.5) is 5.69 Å². The summed E-state index contributed by atoms with van der Waals surface area (Å²) in [6.45, 7) is 3.38. The Morgan fingerprint density at radius 2 is 1.79 bits per heavy atom. The Morgan fingerprint density at radius 1 is 1.10 bits per heavy atom. The van der Waals surface area contributed by atoms with Gasteiger partial charge in [-0.2, -0.15) is 5.26 Å². The third-order valence-electron chi connectivity index (χ3n) is 3.80. The van der Waals surface area contributed by atoms with Gasteiger partial charge in [0.05, 0.1) is 17.9 Å². The molecule has 2 N–H and O–H groups in total. The van der Waals surface area contributed by atoms with Gasteiger partial charge < -0.3 is 20.1 Å². The number of esters is 1. The van der Waals surface area contributed by atoms with Crippen molar-refractivity contribution < 1.29 is 23.9 Å².